The van der Waals surface area contributed by atoms with Gasteiger partial charge in [-0.15, -0.1) is 0 Å². The molecule has 17 heteroatoms. The lowest BCUT2D eigenvalue weighted by Crippen LogP contribution is -2.30. The Morgan fingerprint density at radius 2 is 1.46 bits per heavy atom. The standard InChI is InChI=1S/C18H25N2O2.C2F6NO4S2/c1-3-5-6-7-12-19-13-14-20(15-19)17-10-8-16(9-11-17)18(21)22-4-2;3-1(4,5)14(10,11)9-15(12,13)2(6,7)8/h8-11,13-15H,3-7,12H2,1-2H3;/q+1;-1. The first-order valence-electron chi connectivity index (χ1n) is 10.7. The minimum atomic E-state index is -6.72. The van der Waals surface area contributed by atoms with Gasteiger partial charge in [0.1, 0.15) is 18.1 Å². The molecular formula is C20H25F6N3O6S2. The number of hydrogen-bond donors (Lipinski definition) is 0. The first-order chi connectivity index (χ1) is 16.9. The van der Waals surface area contributed by atoms with Crippen molar-refractivity contribution in [3.8, 4) is 5.69 Å². The highest BCUT2D eigenvalue weighted by molar-refractivity contribution is 8.13. The zero-order chi connectivity index (χ0) is 28.5. The average molecular weight is 582 g/mol. The van der Waals surface area contributed by atoms with Crippen LogP contribution < -0.4 is 4.57 Å². The smallest absolute Gasteiger partial charge is 0.462 e. The Kier molecular flexibility index (Phi) is 11.6. The van der Waals surface area contributed by atoms with Crippen molar-refractivity contribution >= 4 is 26.0 Å². The van der Waals surface area contributed by atoms with Crippen LogP contribution in [0.15, 0.2) is 43.0 Å². The van der Waals surface area contributed by atoms with Crippen LogP contribution in [-0.4, -0.2) is 45.0 Å². The van der Waals surface area contributed by atoms with Crippen molar-refractivity contribution in [3.63, 3.8) is 0 Å². The highest BCUT2D eigenvalue weighted by atomic mass is 32.3. The van der Waals surface area contributed by atoms with E-state index >= 15 is 0 Å². The summed E-state index contributed by atoms with van der Waals surface area (Å²) in [6.07, 6.45) is 11.3. The maximum atomic E-state index is 11.6. The van der Waals surface area contributed by atoms with E-state index in [2.05, 4.69) is 28.6 Å². The molecule has 0 aliphatic rings. The molecule has 0 radical (unpaired) electrons. The fraction of sp³-hybridized carbons (Fsp3) is 0.500. The summed E-state index contributed by atoms with van der Waals surface area (Å²) in [5.41, 5.74) is -10.8. The second-order valence-corrected chi connectivity index (χ2v) is 10.7. The second-order valence-electron chi connectivity index (χ2n) is 7.30. The topological polar surface area (TPSA) is 117 Å². The largest absolute Gasteiger partial charge is 0.480 e. The number of aromatic nitrogens is 2. The van der Waals surface area contributed by atoms with Crippen LogP contribution in [-0.2, 0) is 31.3 Å². The minimum Gasteiger partial charge on any atom is -0.462 e. The van der Waals surface area contributed by atoms with Crippen molar-refractivity contribution in [2.75, 3.05) is 6.61 Å². The van der Waals surface area contributed by atoms with Gasteiger partial charge in [-0.25, -0.2) is 30.8 Å². The van der Waals surface area contributed by atoms with Gasteiger partial charge in [0.15, 0.2) is 20.0 Å². The van der Waals surface area contributed by atoms with Crippen molar-refractivity contribution < 1.29 is 57.3 Å². The van der Waals surface area contributed by atoms with E-state index in [1.54, 1.807) is 12.1 Å². The molecule has 0 amide bonds. The van der Waals surface area contributed by atoms with Gasteiger partial charge in [0, 0.05) is 0 Å². The van der Waals surface area contributed by atoms with Crippen LogP contribution in [0.25, 0.3) is 9.81 Å². The number of imidazole rings is 1. The summed E-state index contributed by atoms with van der Waals surface area (Å²) in [7, 11) is -13.4. The van der Waals surface area contributed by atoms with E-state index in [9.17, 15) is 48.0 Å². The number of unbranched alkanes of at least 4 members (excludes halogenated alkanes) is 3. The molecule has 0 aliphatic carbocycles. The predicted molar refractivity (Wildman–Crippen MR) is 119 cm³/mol. The molecule has 0 spiro atoms. The monoisotopic (exact) mass is 581 g/mol. The van der Waals surface area contributed by atoms with Crippen molar-refractivity contribution in [1.29, 1.82) is 0 Å². The maximum Gasteiger partial charge on any atom is 0.480 e. The Morgan fingerprint density at radius 3 is 1.92 bits per heavy atom. The normalized spacial score (nSPS) is 12.5. The van der Waals surface area contributed by atoms with E-state index in [0.717, 1.165) is 16.4 Å². The van der Waals surface area contributed by atoms with Crippen LogP contribution in [0, 0.1) is 0 Å². The van der Waals surface area contributed by atoms with E-state index in [1.165, 1.54) is 25.7 Å². The summed E-state index contributed by atoms with van der Waals surface area (Å²) in [4.78, 5) is 11.6. The summed E-state index contributed by atoms with van der Waals surface area (Å²) >= 11 is 0. The van der Waals surface area contributed by atoms with Crippen molar-refractivity contribution in [2.24, 2.45) is 0 Å². The minimum absolute atomic E-state index is 0.271. The number of alkyl halides is 6. The maximum absolute atomic E-state index is 11.6. The molecule has 9 nitrogen and oxygen atoms in total. The molecule has 1 heterocycles. The molecule has 0 bridgehead atoms. The molecule has 0 atom stereocenters. The molecule has 2 rings (SSSR count). The molecule has 37 heavy (non-hydrogen) atoms. The van der Waals surface area contributed by atoms with E-state index in [-0.39, 0.29) is 5.97 Å². The Bertz CT molecular complexity index is 1180. The third-order valence-electron chi connectivity index (χ3n) is 4.42. The predicted octanol–water partition coefficient (Wildman–Crippen LogP) is 4.58. The molecule has 0 aliphatic heterocycles. The fourth-order valence-corrected chi connectivity index (χ4v) is 4.31. The van der Waals surface area contributed by atoms with Crippen LogP contribution in [0.2, 0.25) is 0 Å². The van der Waals surface area contributed by atoms with Crippen LogP contribution in [0.3, 0.4) is 0 Å². The summed E-state index contributed by atoms with van der Waals surface area (Å²) in [5.74, 6) is -0.271. The van der Waals surface area contributed by atoms with Crippen LogP contribution >= 0.6 is 0 Å². The lowest BCUT2D eigenvalue weighted by atomic mass is 10.2. The third kappa shape index (κ3) is 9.96. The van der Waals surface area contributed by atoms with E-state index in [4.69, 9.17) is 4.74 Å². The van der Waals surface area contributed by atoms with Gasteiger partial charge in [-0.1, -0.05) is 19.8 Å². The average Bonchev–Trinajstić information content (AvgIpc) is 3.24. The zero-order valence-electron chi connectivity index (χ0n) is 19.7. The molecule has 0 saturated heterocycles. The quantitative estimate of drug-likeness (QED) is 0.176. The van der Waals surface area contributed by atoms with Crippen LogP contribution in [0.5, 0.6) is 0 Å². The van der Waals surface area contributed by atoms with Gasteiger partial charge in [-0.3, -0.25) is 0 Å². The number of ether oxygens (including phenoxy) is 1. The van der Waals surface area contributed by atoms with Crippen molar-refractivity contribution in [2.45, 2.75) is 57.1 Å². The van der Waals surface area contributed by atoms with Gasteiger partial charge in [-0.2, -0.15) is 26.3 Å². The Hall–Kier alpha value is -2.66. The van der Waals surface area contributed by atoms with Gasteiger partial charge in [0.25, 0.3) is 0 Å². The molecule has 1 aromatic carbocycles. The molecular weight excluding hydrogens is 556 g/mol. The highest BCUT2D eigenvalue weighted by Gasteiger charge is 2.46. The van der Waals surface area contributed by atoms with Crippen molar-refractivity contribution in [3.05, 3.63) is 52.7 Å². The number of benzene rings is 1. The van der Waals surface area contributed by atoms with Crippen molar-refractivity contribution in [1.82, 2.24) is 4.57 Å². The van der Waals surface area contributed by atoms with Gasteiger partial charge >= 0.3 is 17.0 Å². The molecule has 0 saturated carbocycles. The number of sulfonamides is 2. The van der Waals surface area contributed by atoms with E-state index < -0.39 is 31.1 Å². The second kappa shape index (κ2) is 13.2. The third-order valence-corrected chi connectivity index (χ3v) is 7.16. The molecule has 0 N–H and O–H groups in total. The Morgan fingerprint density at radius 1 is 0.919 bits per heavy atom. The first-order valence-corrected chi connectivity index (χ1v) is 13.5. The van der Waals surface area contributed by atoms with Gasteiger partial charge in [0.05, 0.1) is 18.7 Å². The molecule has 2 aromatic rings. The number of esters is 1. The summed E-state index contributed by atoms with van der Waals surface area (Å²) < 4.78 is 118. The lowest BCUT2D eigenvalue weighted by Gasteiger charge is -2.22. The number of halogens is 6. The number of rotatable bonds is 10. The number of hydrogen-bond acceptors (Lipinski definition) is 6. The van der Waals surface area contributed by atoms with Crippen LogP contribution in [0.1, 0.15) is 49.9 Å². The van der Waals surface area contributed by atoms with Gasteiger partial charge in [0.2, 0.25) is 6.33 Å². The number of nitrogens with zero attached hydrogens (tertiary/aromatic N) is 3. The fourth-order valence-electron chi connectivity index (χ4n) is 2.60. The van der Waals surface area contributed by atoms with E-state index in [1.807, 2.05) is 25.3 Å². The van der Waals surface area contributed by atoms with Gasteiger partial charge in [-0.05, 0) is 44.0 Å². The lowest BCUT2D eigenvalue weighted by molar-refractivity contribution is -0.696. The van der Waals surface area contributed by atoms with Gasteiger partial charge < -0.3 is 8.86 Å². The number of carbonyl (C=O) groups is 1. The number of carbonyl (C=O) groups excluding carboxylic acids is 1. The summed E-state index contributed by atoms with van der Waals surface area (Å²) in [6.45, 7) is 5.49. The molecule has 210 valence electrons. The molecule has 1 aromatic heterocycles. The first kappa shape index (κ1) is 32.4. The summed E-state index contributed by atoms with van der Waals surface area (Å²) in [6, 6.07) is 7.49. The molecule has 0 unspecified atom stereocenters. The summed E-state index contributed by atoms with van der Waals surface area (Å²) in [5, 5.41) is 0. The van der Waals surface area contributed by atoms with E-state index in [0.29, 0.717) is 12.2 Å². The number of aryl methyl sites for hydroxylation is 1. The highest BCUT2D eigenvalue weighted by Crippen LogP contribution is 2.36. The SMILES string of the molecule is CCCCCC[n+]1ccn(-c2ccc(C(=O)OCC)cc2)c1.O=S(=O)([N-]S(=O)(=O)C(F)(F)F)C(F)(F)F. The molecule has 0 fully saturated rings. The van der Waals surface area contributed by atoms with Crippen LogP contribution in [0.4, 0.5) is 26.3 Å². The Balaban J connectivity index is 0.000000401. The zero-order valence-corrected chi connectivity index (χ0v) is 21.3. The Labute approximate surface area is 210 Å².